The summed E-state index contributed by atoms with van der Waals surface area (Å²) in [4.78, 5) is 17.9. The lowest BCUT2D eigenvalue weighted by atomic mass is 10.2. The maximum Gasteiger partial charge on any atom is 0.251 e. The molecule has 0 radical (unpaired) electrons. The molecule has 0 unspecified atom stereocenters. The van der Waals surface area contributed by atoms with Crippen LogP contribution in [0.3, 0.4) is 0 Å². The van der Waals surface area contributed by atoms with Gasteiger partial charge in [-0.25, -0.2) is 9.37 Å². The number of aryl methyl sites for hydroxylation is 1. The van der Waals surface area contributed by atoms with E-state index in [4.69, 9.17) is 11.6 Å². The average Bonchev–Trinajstić information content (AvgIpc) is 2.14. The Balaban J connectivity index is 2.62. The summed E-state index contributed by atoms with van der Waals surface area (Å²) in [5, 5.41) is 0.263. The molecule has 1 heterocycles. The third-order valence-electron chi connectivity index (χ3n) is 2.01. The van der Waals surface area contributed by atoms with Crippen LogP contribution in [-0.2, 0) is 0 Å². The third kappa shape index (κ3) is 2.28. The van der Waals surface area contributed by atoms with Crippen molar-refractivity contribution in [2.45, 2.75) is 6.92 Å². The zero-order valence-electron chi connectivity index (χ0n) is 8.42. The van der Waals surface area contributed by atoms with Crippen LogP contribution in [0.15, 0.2) is 29.1 Å². The Morgan fingerprint density at radius 1 is 1.31 bits per heavy atom. The number of benzene rings is 1. The van der Waals surface area contributed by atoms with E-state index in [1.54, 1.807) is 13.0 Å². The first-order valence-corrected chi connectivity index (χ1v) is 4.97. The van der Waals surface area contributed by atoms with Crippen molar-refractivity contribution in [1.82, 2.24) is 9.97 Å². The largest absolute Gasteiger partial charge is 0.307 e. The van der Waals surface area contributed by atoms with Gasteiger partial charge in [-0.1, -0.05) is 11.6 Å². The van der Waals surface area contributed by atoms with Gasteiger partial charge in [0.15, 0.2) is 0 Å². The molecule has 0 spiro atoms. The Morgan fingerprint density at radius 2 is 2.06 bits per heavy atom. The molecule has 0 fully saturated rings. The summed E-state index contributed by atoms with van der Waals surface area (Å²) in [5.74, 6) is -0.155. The Bertz CT molecular complexity index is 575. The fraction of sp³-hybridized carbons (Fsp3) is 0.0909. The summed E-state index contributed by atoms with van der Waals surface area (Å²) in [6, 6.07) is 5.37. The number of rotatable bonds is 1. The summed E-state index contributed by atoms with van der Waals surface area (Å²) in [5.41, 5.74) is 0.743. The van der Waals surface area contributed by atoms with Crippen molar-refractivity contribution in [2.75, 3.05) is 0 Å². The number of aromatic nitrogens is 2. The first-order valence-electron chi connectivity index (χ1n) is 4.59. The standard InChI is InChI=1S/C11H8ClFN2O/c1-6-2-10(16)15-11(14-6)7-3-8(12)5-9(13)4-7/h2-5H,1H3,(H,14,15,16). The molecule has 0 aliphatic carbocycles. The number of halogens is 2. The van der Waals surface area contributed by atoms with Crippen LogP contribution >= 0.6 is 11.6 Å². The van der Waals surface area contributed by atoms with Crippen LogP contribution in [0.4, 0.5) is 4.39 Å². The van der Waals surface area contributed by atoms with Gasteiger partial charge >= 0.3 is 0 Å². The molecule has 0 bridgehead atoms. The Hall–Kier alpha value is -1.68. The SMILES string of the molecule is Cc1cc(=O)[nH]c(-c2cc(F)cc(Cl)c2)n1. The van der Waals surface area contributed by atoms with E-state index in [0.717, 1.165) is 0 Å². The van der Waals surface area contributed by atoms with Crippen LogP contribution in [-0.4, -0.2) is 9.97 Å². The van der Waals surface area contributed by atoms with Gasteiger partial charge in [0.2, 0.25) is 0 Å². The molecule has 0 saturated heterocycles. The molecule has 2 rings (SSSR count). The zero-order chi connectivity index (χ0) is 11.7. The second-order valence-corrected chi connectivity index (χ2v) is 3.83. The molecule has 0 aliphatic heterocycles. The Morgan fingerprint density at radius 3 is 2.69 bits per heavy atom. The van der Waals surface area contributed by atoms with Gasteiger partial charge in [0, 0.05) is 22.3 Å². The third-order valence-corrected chi connectivity index (χ3v) is 2.22. The number of hydrogen-bond donors (Lipinski definition) is 1. The Labute approximate surface area is 95.9 Å². The zero-order valence-corrected chi connectivity index (χ0v) is 9.18. The molecular weight excluding hydrogens is 231 g/mol. The lowest BCUT2D eigenvalue weighted by molar-refractivity contribution is 0.628. The molecule has 0 atom stereocenters. The molecule has 1 aromatic carbocycles. The average molecular weight is 239 g/mol. The molecule has 82 valence electrons. The minimum atomic E-state index is -0.466. The van der Waals surface area contributed by atoms with Crippen LogP contribution in [0.5, 0.6) is 0 Å². The summed E-state index contributed by atoms with van der Waals surface area (Å²) >= 11 is 5.72. The molecule has 16 heavy (non-hydrogen) atoms. The topological polar surface area (TPSA) is 45.8 Å². The minimum Gasteiger partial charge on any atom is -0.307 e. The number of aromatic amines is 1. The first kappa shape index (κ1) is 10.8. The molecule has 1 N–H and O–H groups in total. The van der Waals surface area contributed by atoms with Crippen LogP contribution in [0.2, 0.25) is 5.02 Å². The molecule has 0 amide bonds. The number of H-pyrrole nitrogens is 1. The maximum atomic E-state index is 13.1. The highest BCUT2D eigenvalue weighted by atomic mass is 35.5. The van der Waals surface area contributed by atoms with Crippen LogP contribution in [0, 0.1) is 12.7 Å². The van der Waals surface area contributed by atoms with Gasteiger partial charge in [0.1, 0.15) is 11.6 Å². The predicted octanol–water partition coefficient (Wildman–Crippen LogP) is 2.54. The van der Waals surface area contributed by atoms with Crippen molar-refractivity contribution in [1.29, 1.82) is 0 Å². The summed E-state index contributed by atoms with van der Waals surface area (Å²) < 4.78 is 13.1. The van der Waals surface area contributed by atoms with E-state index >= 15 is 0 Å². The molecule has 0 saturated carbocycles. The van der Waals surface area contributed by atoms with Crippen molar-refractivity contribution in [2.24, 2.45) is 0 Å². The van der Waals surface area contributed by atoms with Crippen molar-refractivity contribution < 1.29 is 4.39 Å². The van der Waals surface area contributed by atoms with Crippen LogP contribution < -0.4 is 5.56 Å². The van der Waals surface area contributed by atoms with Gasteiger partial charge in [0.25, 0.3) is 5.56 Å². The van der Waals surface area contributed by atoms with Gasteiger partial charge in [-0.05, 0) is 25.1 Å². The van der Waals surface area contributed by atoms with E-state index in [-0.39, 0.29) is 10.6 Å². The summed E-state index contributed by atoms with van der Waals surface area (Å²) in [6.45, 7) is 1.69. The van der Waals surface area contributed by atoms with Crippen molar-refractivity contribution in [3.8, 4) is 11.4 Å². The second kappa shape index (κ2) is 4.06. The van der Waals surface area contributed by atoms with E-state index in [1.165, 1.54) is 18.2 Å². The van der Waals surface area contributed by atoms with E-state index in [9.17, 15) is 9.18 Å². The van der Waals surface area contributed by atoms with Gasteiger partial charge in [0.05, 0.1) is 0 Å². The molecule has 5 heteroatoms. The highest BCUT2D eigenvalue weighted by Crippen LogP contribution is 2.20. The van der Waals surface area contributed by atoms with Crippen LogP contribution in [0.25, 0.3) is 11.4 Å². The molecular formula is C11H8ClFN2O. The monoisotopic (exact) mass is 238 g/mol. The number of hydrogen-bond acceptors (Lipinski definition) is 2. The normalized spacial score (nSPS) is 10.4. The fourth-order valence-corrected chi connectivity index (χ4v) is 1.63. The minimum absolute atomic E-state index is 0.263. The lowest BCUT2D eigenvalue weighted by Gasteiger charge is -2.02. The Kier molecular flexibility index (Phi) is 2.75. The van der Waals surface area contributed by atoms with Crippen molar-refractivity contribution in [3.05, 3.63) is 51.2 Å². The van der Waals surface area contributed by atoms with Gasteiger partial charge in [-0.15, -0.1) is 0 Å². The smallest absolute Gasteiger partial charge is 0.251 e. The van der Waals surface area contributed by atoms with Crippen LogP contribution in [0.1, 0.15) is 5.69 Å². The van der Waals surface area contributed by atoms with Gasteiger partial charge in [-0.2, -0.15) is 0 Å². The van der Waals surface area contributed by atoms with Gasteiger partial charge in [-0.3, -0.25) is 4.79 Å². The van der Waals surface area contributed by atoms with E-state index in [2.05, 4.69) is 9.97 Å². The van der Waals surface area contributed by atoms with Crippen molar-refractivity contribution in [3.63, 3.8) is 0 Å². The molecule has 0 aliphatic rings. The summed E-state index contributed by atoms with van der Waals surface area (Å²) in [7, 11) is 0. The van der Waals surface area contributed by atoms with E-state index in [1.807, 2.05) is 0 Å². The highest BCUT2D eigenvalue weighted by molar-refractivity contribution is 6.30. The molecule has 1 aromatic heterocycles. The first-order chi connectivity index (χ1) is 7.54. The van der Waals surface area contributed by atoms with Crippen molar-refractivity contribution >= 4 is 11.6 Å². The summed E-state index contributed by atoms with van der Waals surface area (Å²) in [6.07, 6.45) is 0. The fourth-order valence-electron chi connectivity index (χ4n) is 1.41. The predicted molar refractivity (Wildman–Crippen MR) is 60.0 cm³/mol. The second-order valence-electron chi connectivity index (χ2n) is 3.39. The van der Waals surface area contributed by atoms with E-state index in [0.29, 0.717) is 17.1 Å². The molecule has 2 aromatic rings. The highest BCUT2D eigenvalue weighted by Gasteiger charge is 2.05. The molecule has 3 nitrogen and oxygen atoms in total. The van der Waals surface area contributed by atoms with Gasteiger partial charge < -0.3 is 4.98 Å². The lowest BCUT2D eigenvalue weighted by Crippen LogP contribution is -2.08. The number of nitrogens with zero attached hydrogens (tertiary/aromatic N) is 1. The maximum absolute atomic E-state index is 13.1. The van der Waals surface area contributed by atoms with E-state index < -0.39 is 5.82 Å². The quantitative estimate of drug-likeness (QED) is 0.830. The number of nitrogens with one attached hydrogen (secondary N) is 1.